The van der Waals surface area contributed by atoms with Gasteiger partial charge < -0.3 is 15.5 Å². The molecule has 3 aliphatic heterocycles. The SMILES string of the molecule is CN(C(=O)CN1C(=O)NC2(CCc3ccccc32)C1=O)C1CC2CCC(C1)N2. The summed E-state index contributed by atoms with van der Waals surface area (Å²) in [5, 5.41) is 6.47. The quantitative estimate of drug-likeness (QED) is 0.768. The minimum absolute atomic E-state index is 0.168. The number of nitrogens with zero attached hydrogens (tertiary/aromatic N) is 2. The Balaban J connectivity index is 1.31. The summed E-state index contributed by atoms with van der Waals surface area (Å²) in [5.41, 5.74) is 0.957. The molecule has 3 unspecified atom stereocenters. The molecule has 2 bridgehead atoms. The topological polar surface area (TPSA) is 81.8 Å². The van der Waals surface area contributed by atoms with E-state index >= 15 is 0 Å². The minimum Gasteiger partial charge on any atom is -0.341 e. The summed E-state index contributed by atoms with van der Waals surface area (Å²) in [6, 6.07) is 8.41. The summed E-state index contributed by atoms with van der Waals surface area (Å²) in [6.45, 7) is -0.190. The lowest BCUT2D eigenvalue weighted by Crippen LogP contribution is -2.51. The van der Waals surface area contributed by atoms with Gasteiger partial charge in [-0.25, -0.2) is 4.79 Å². The van der Waals surface area contributed by atoms with E-state index in [4.69, 9.17) is 0 Å². The van der Waals surface area contributed by atoms with E-state index in [1.54, 1.807) is 11.9 Å². The number of carbonyl (C=O) groups excluding carboxylic acids is 3. The third kappa shape index (κ3) is 2.56. The van der Waals surface area contributed by atoms with Gasteiger partial charge in [0, 0.05) is 25.2 Å². The molecule has 1 aromatic rings. The molecule has 4 aliphatic rings. The van der Waals surface area contributed by atoms with E-state index in [0.29, 0.717) is 18.5 Å². The number of hydrogen-bond donors (Lipinski definition) is 2. The monoisotopic (exact) mass is 382 g/mol. The first-order valence-electron chi connectivity index (χ1n) is 10.2. The molecular formula is C21H26N4O3. The second-order valence-electron chi connectivity index (χ2n) is 8.65. The van der Waals surface area contributed by atoms with E-state index in [1.807, 2.05) is 24.3 Å². The van der Waals surface area contributed by atoms with E-state index in [1.165, 1.54) is 0 Å². The van der Waals surface area contributed by atoms with Gasteiger partial charge in [0.05, 0.1) is 0 Å². The van der Waals surface area contributed by atoms with Crippen LogP contribution in [0.15, 0.2) is 24.3 Å². The molecule has 0 aromatic heterocycles. The number of amides is 4. The van der Waals surface area contributed by atoms with Crippen molar-refractivity contribution in [3.05, 3.63) is 35.4 Å². The average molecular weight is 382 g/mol. The van der Waals surface area contributed by atoms with Crippen molar-refractivity contribution in [2.45, 2.75) is 62.2 Å². The molecular weight excluding hydrogens is 356 g/mol. The zero-order valence-corrected chi connectivity index (χ0v) is 16.1. The highest BCUT2D eigenvalue weighted by molar-refractivity contribution is 6.09. The highest BCUT2D eigenvalue weighted by Gasteiger charge is 2.55. The number of hydrogen-bond acceptors (Lipinski definition) is 4. The largest absolute Gasteiger partial charge is 0.341 e. The minimum atomic E-state index is -1.000. The van der Waals surface area contributed by atoms with Gasteiger partial charge in [-0.05, 0) is 49.7 Å². The molecule has 1 aliphatic carbocycles. The van der Waals surface area contributed by atoms with E-state index in [9.17, 15) is 14.4 Å². The van der Waals surface area contributed by atoms with Crippen molar-refractivity contribution in [3.63, 3.8) is 0 Å². The Morgan fingerprint density at radius 1 is 1.21 bits per heavy atom. The van der Waals surface area contributed by atoms with Gasteiger partial charge >= 0.3 is 6.03 Å². The van der Waals surface area contributed by atoms with Crippen molar-refractivity contribution >= 4 is 17.8 Å². The number of benzene rings is 1. The summed E-state index contributed by atoms with van der Waals surface area (Å²) in [4.78, 5) is 41.6. The molecule has 4 amide bonds. The first kappa shape index (κ1) is 17.7. The lowest BCUT2D eigenvalue weighted by Gasteiger charge is -2.36. The number of carbonyl (C=O) groups is 3. The molecule has 3 heterocycles. The molecule has 1 aromatic carbocycles. The summed E-state index contributed by atoms with van der Waals surface area (Å²) < 4.78 is 0. The van der Waals surface area contributed by atoms with Crippen LogP contribution in [0.3, 0.4) is 0 Å². The van der Waals surface area contributed by atoms with Crippen LogP contribution in [0, 0.1) is 0 Å². The van der Waals surface area contributed by atoms with Gasteiger partial charge in [0.2, 0.25) is 5.91 Å². The van der Waals surface area contributed by atoms with Crippen molar-refractivity contribution in [2.24, 2.45) is 0 Å². The molecule has 1 spiro atoms. The van der Waals surface area contributed by atoms with Crippen LogP contribution in [-0.4, -0.2) is 59.4 Å². The van der Waals surface area contributed by atoms with Crippen LogP contribution < -0.4 is 10.6 Å². The molecule has 0 radical (unpaired) electrons. The number of fused-ring (bicyclic) bond motifs is 4. The molecule has 28 heavy (non-hydrogen) atoms. The molecule has 7 nitrogen and oxygen atoms in total. The fourth-order valence-electron chi connectivity index (χ4n) is 5.53. The first-order chi connectivity index (χ1) is 13.5. The second-order valence-corrected chi connectivity index (χ2v) is 8.65. The summed E-state index contributed by atoms with van der Waals surface area (Å²) >= 11 is 0. The van der Waals surface area contributed by atoms with Gasteiger partial charge in [-0.15, -0.1) is 0 Å². The van der Waals surface area contributed by atoms with Gasteiger partial charge in [0.25, 0.3) is 5.91 Å². The van der Waals surface area contributed by atoms with Crippen molar-refractivity contribution in [1.82, 2.24) is 20.4 Å². The van der Waals surface area contributed by atoms with Crippen LogP contribution in [0.5, 0.6) is 0 Å². The van der Waals surface area contributed by atoms with E-state index in [-0.39, 0.29) is 24.4 Å². The smallest absolute Gasteiger partial charge is 0.325 e. The fraction of sp³-hybridized carbons (Fsp3) is 0.571. The summed E-state index contributed by atoms with van der Waals surface area (Å²) in [7, 11) is 1.80. The van der Waals surface area contributed by atoms with Gasteiger partial charge in [0.1, 0.15) is 12.1 Å². The van der Waals surface area contributed by atoms with Crippen molar-refractivity contribution in [2.75, 3.05) is 13.6 Å². The lowest BCUT2D eigenvalue weighted by molar-refractivity contribution is -0.140. The maximum absolute atomic E-state index is 13.2. The van der Waals surface area contributed by atoms with Gasteiger partial charge in [-0.1, -0.05) is 24.3 Å². The Bertz CT molecular complexity index is 844. The van der Waals surface area contributed by atoms with Crippen molar-refractivity contribution < 1.29 is 14.4 Å². The zero-order chi connectivity index (χ0) is 19.5. The van der Waals surface area contributed by atoms with Crippen LogP contribution in [0.2, 0.25) is 0 Å². The van der Waals surface area contributed by atoms with Crippen LogP contribution in [-0.2, 0) is 21.5 Å². The van der Waals surface area contributed by atoms with Crippen LogP contribution in [0.25, 0.3) is 0 Å². The summed E-state index contributed by atoms with van der Waals surface area (Å²) in [5.74, 6) is -0.465. The van der Waals surface area contributed by atoms with Gasteiger partial charge in [-0.2, -0.15) is 0 Å². The van der Waals surface area contributed by atoms with Crippen LogP contribution in [0.4, 0.5) is 4.79 Å². The number of imide groups is 1. The average Bonchev–Trinajstić information content (AvgIpc) is 3.31. The Morgan fingerprint density at radius 2 is 1.93 bits per heavy atom. The normalized spacial score (nSPS) is 33.3. The van der Waals surface area contributed by atoms with E-state index < -0.39 is 11.6 Å². The Labute approximate surface area is 164 Å². The fourth-order valence-corrected chi connectivity index (χ4v) is 5.53. The van der Waals surface area contributed by atoms with E-state index in [2.05, 4.69) is 10.6 Å². The predicted octanol–water partition coefficient (Wildman–Crippen LogP) is 1.12. The van der Waals surface area contributed by atoms with Crippen LogP contribution >= 0.6 is 0 Å². The molecule has 3 saturated heterocycles. The molecule has 3 atom stereocenters. The van der Waals surface area contributed by atoms with Gasteiger partial charge in [-0.3, -0.25) is 14.5 Å². The molecule has 3 fully saturated rings. The number of likely N-dealkylation sites (N-methyl/N-ethyl adjacent to an activating group) is 1. The number of piperidine rings is 1. The predicted molar refractivity (Wildman–Crippen MR) is 102 cm³/mol. The maximum atomic E-state index is 13.2. The number of nitrogens with one attached hydrogen (secondary N) is 2. The molecule has 148 valence electrons. The van der Waals surface area contributed by atoms with E-state index in [0.717, 1.165) is 48.1 Å². The highest BCUT2D eigenvalue weighted by atomic mass is 16.2. The Morgan fingerprint density at radius 3 is 2.68 bits per heavy atom. The van der Waals surface area contributed by atoms with Gasteiger partial charge in [0.15, 0.2) is 0 Å². The van der Waals surface area contributed by atoms with Crippen LogP contribution in [0.1, 0.15) is 43.2 Å². The molecule has 7 heteroatoms. The number of urea groups is 1. The number of aryl methyl sites for hydroxylation is 1. The third-order valence-corrected chi connectivity index (χ3v) is 7.10. The molecule has 2 N–H and O–H groups in total. The van der Waals surface area contributed by atoms with Crippen molar-refractivity contribution in [3.8, 4) is 0 Å². The Hall–Kier alpha value is -2.41. The lowest BCUT2D eigenvalue weighted by atomic mass is 9.92. The second kappa shape index (κ2) is 6.30. The van der Waals surface area contributed by atoms with Crippen molar-refractivity contribution in [1.29, 1.82) is 0 Å². The molecule has 5 rings (SSSR count). The summed E-state index contributed by atoms with van der Waals surface area (Å²) in [6.07, 6.45) is 5.51. The number of rotatable bonds is 3. The highest BCUT2D eigenvalue weighted by Crippen LogP contribution is 2.41. The zero-order valence-electron chi connectivity index (χ0n) is 16.1. The third-order valence-electron chi connectivity index (χ3n) is 7.10. The maximum Gasteiger partial charge on any atom is 0.325 e. The Kier molecular flexibility index (Phi) is 3.98. The molecule has 0 saturated carbocycles. The first-order valence-corrected chi connectivity index (χ1v) is 10.2. The standard InChI is InChI=1S/C21H26N4O3/c1-24(16-10-14-6-7-15(11-16)22-14)18(26)12-25-19(27)21(23-20(25)28)9-8-13-4-2-3-5-17(13)21/h2-5,14-16,22H,6-12H2,1H3,(H,23,28).